The molecule has 174 valence electrons. The number of nitrogens with one attached hydrogen (secondary N) is 1. The van der Waals surface area contributed by atoms with E-state index in [-0.39, 0.29) is 31.4 Å². The molecule has 2 unspecified atom stereocenters. The molecule has 1 saturated heterocycles. The average molecular weight is 451 g/mol. The minimum atomic E-state index is -0.967. The second kappa shape index (κ2) is 10.1. The Hall–Kier alpha value is -3.35. The van der Waals surface area contributed by atoms with E-state index in [2.05, 4.69) is 29.6 Å². The van der Waals surface area contributed by atoms with Crippen molar-refractivity contribution in [1.82, 2.24) is 10.2 Å². The van der Waals surface area contributed by atoms with Gasteiger partial charge in [-0.2, -0.15) is 0 Å². The fourth-order valence-electron chi connectivity index (χ4n) is 5.01. The van der Waals surface area contributed by atoms with Gasteiger partial charge in [0.1, 0.15) is 12.6 Å². The number of hydrogen-bond acceptors (Lipinski definition) is 4. The molecule has 0 spiro atoms. The van der Waals surface area contributed by atoms with Crippen LogP contribution in [-0.2, 0) is 14.3 Å². The van der Waals surface area contributed by atoms with Crippen molar-refractivity contribution in [3.8, 4) is 11.1 Å². The second-order valence-corrected chi connectivity index (χ2v) is 8.74. The second-order valence-electron chi connectivity index (χ2n) is 8.74. The largest absolute Gasteiger partial charge is 0.480 e. The van der Waals surface area contributed by atoms with Crippen LogP contribution < -0.4 is 5.32 Å². The zero-order chi connectivity index (χ0) is 23.4. The molecule has 2 aromatic rings. The number of aliphatic carboxylic acids is 1. The Bertz CT molecular complexity index is 991. The number of nitrogens with zero attached hydrogens (tertiary/aromatic N) is 1. The van der Waals surface area contributed by atoms with Crippen LogP contribution >= 0.6 is 0 Å². The van der Waals surface area contributed by atoms with E-state index < -0.39 is 18.1 Å². The Labute approximate surface area is 193 Å². The van der Waals surface area contributed by atoms with Crippen molar-refractivity contribution in [2.75, 3.05) is 19.7 Å². The molecule has 0 aromatic heterocycles. The molecule has 1 aliphatic carbocycles. The summed E-state index contributed by atoms with van der Waals surface area (Å²) in [6.45, 7) is 2.80. The van der Waals surface area contributed by atoms with Crippen molar-refractivity contribution in [3.63, 3.8) is 0 Å². The molecule has 1 fully saturated rings. The molecule has 1 aliphatic heterocycles. The zero-order valence-corrected chi connectivity index (χ0v) is 18.8. The number of hydrogen-bond donors (Lipinski definition) is 2. The lowest BCUT2D eigenvalue weighted by Crippen LogP contribution is -2.50. The minimum Gasteiger partial charge on any atom is -0.480 e. The first-order valence-corrected chi connectivity index (χ1v) is 11.6. The summed E-state index contributed by atoms with van der Waals surface area (Å²) in [6.07, 6.45) is 1.67. The van der Waals surface area contributed by atoms with Crippen LogP contribution in [0.4, 0.5) is 4.79 Å². The maximum absolute atomic E-state index is 12.6. The molecule has 2 aliphatic rings. The van der Waals surface area contributed by atoms with Crippen LogP contribution in [0.5, 0.6) is 0 Å². The lowest BCUT2D eigenvalue weighted by Gasteiger charge is -2.37. The lowest BCUT2D eigenvalue weighted by atomic mass is 9.88. The number of ether oxygens (including phenoxy) is 1. The van der Waals surface area contributed by atoms with Gasteiger partial charge in [-0.3, -0.25) is 4.79 Å². The van der Waals surface area contributed by atoms with Crippen molar-refractivity contribution in [2.24, 2.45) is 5.92 Å². The van der Waals surface area contributed by atoms with Crippen molar-refractivity contribution < 1.29 is 24.2 Å². The first kappa shape index (κ1) is 22.8. The van der Waals surface area contributed by atoms with E-state index in [1.807, 2.05) is 31.2 Å². The summed E-state index contributed by atoms with van der Waals surface area (Å²) in [7, 11) is 0. The highest BCUT2D eigenvalue weighted by molar-refractivity contribution is 5.84. The van der Waals surface area contributed by atoms with Gasteiger partial charge in [0, 0.05) is 25.4 Å². The van der Waals surface area contributed by atoms with Crippen LogP contribution in [0.1, 0.15) is 49.7 Å². The highest BCUT2D eigenvalue weighted by atomic mass is 16.5. The van der Waals surface area contributed by atoms with E-state index in [4.69, 9.17) is 4.74 Å². The molecule has 0 radical (unpaired) electrons. The monoisotopic (exact) mass is 450 g/mol. The topological polar surface area (TPSA) is 95.9 Å². The minimum absolute atomic E-state index is 0.0269. The van der Waals surface area contributed by atoms with Crippen LogP contribution in [0.3, 0.4) is 0 Å². The third kappa shape index (κ3) is 4.87. The fourth-order valence-corrected chi connectivity index (χ4v) is 5.01. The molecule has 7 heteroatoms. The number of piperidine rings is 1. The van der Waals surface area contributed by atoms with E-state index in [0.29, 0.717) is 18.9 Å². The molecule has 0 saturated carbocycles. The molecule has 33 heavy (non-hydrogen) atoms. The Balaban J connectivity index is 1.27. The molecule has 2 aromatic carbocycles. The van der Waals surface area contributed by atoms with Gasteiger partial charge in [0.15, 0.2) is 0 Å². The van der Waals surface area contributed by atoms with E-state index in [9.17, 15) is 19.5 Å². The molecule has 7 nitrogen and oxygen atoms in total. The molecular formula is C26H30N2O5. The molecular weight excluding hydrogens is 420 g/mol. The summed E-state index contributed by atoms with van der Waals surface area (Å²) in [4.78, 5) is 37.9. The van der Waals surface area contributed by atoms with E-state index in [0.717, 1.165) is 35.1 Å². The van der Waals surface area contributed by atoms with Crippen LogP contribution in [0.25, 0.3) is 11.1 Å². The Morgan fingerprint density at radius 3 is 2.30 bits per heavy atom. The smallest absolute Gasteiger partial charge is 0.407 e. The Morgan fingerprint density at radius 1 is 1.06 bits per heavy atom. The lowest BCUT2D eigenvalue weighted by molar-refractivity contribution is -0.153. The molecule has 2 amide bonds. The highest BCUT2D eigenvalue weighted by Gasteiger charge is 2.35. The van der Waals surface area contributed by atoms with Crippen molar-refractivity contribution in [2.45, 2.75) is 44.6 Å². The van der Waals surface area contributed by atoms with Crippen molar-refractivity contribution in [1.29, 1.82) is 0 Å². The number of amides is 2. The number of benzene rings is 2. The summed E-state index contributed by atoms with van der Waals surface area (Å²) >= 11 is 0. The van der Waals surface area contributed by atoms with Crippen LogP contribution in [-0.4, -0.2) is 53.7 Å². The molecule has 2 N–H and O–H groups in total. The van der Waals surface area contributed by atoms with Gasteiger partial charge in [-0.25, -0.2) is 9.59 Å². The van der Waals surface area contributed by atoms with Gasteiger partial charge in [0.05, 0.1) is 0 Å². The van der Waals surface area contributed by atoms with E-state index in [1.165, 1.54) is 4.90 Å². The van der Waals surface area contributed by atoms with Gasteiger partial charge < -0.3 is 20.1 Å². The first-order chi connectivity index (χ1) is 16.0. The fraction of sp³-hybridized carbons (Fsp3) is 0.423. The summed E-state index contributed by atoms with van der Waals surface area (Å²) in [6, 6.07) is 15.5. The Morgan fingerprint density at radius 2 is 1.70 bits per heavy atom. The van der Waals surface area contributed by atoms with Gasteiger partial charge in [-0.15, -0.1) is 0 Å². The number of carboxylic acids is 1. The van der Waals surface area contributed by atoms with E-state index >= 15 is 0 Å². The van der Waals surface area contributed by atoms with Crippen LogP contribution in [0.2, 0.25) is 0 Å². The number of fused-ring (bicyclic) bond motifs is 3. The zero-order valence-electron chi connectivity index (χ0n) is 18.8. The summed E-state index contributed by atoms with van der Waals surface area (Å²) < 4.78 is 5.49. The standard InChI is InChI=1S/C26H30N2O5/c1-2-17-12-14-28(23(15-17)25(30)31)24(29)11-13-27-26(32)33-16-22-20-9-5-3-7-18(20)19-8-4-6-10-21(19)22/h3-10,17,22-23H,2,11-16H2,1H3,(H,27,32)(H,30,31). The molecule has 0 bridgehead atoms. The van der Waals surface area contributed by atoms with Gasteiger partial charge in [0.2, 0.25) is 5.91 Å². The summed E-state index contributed by atoms with van der Waals surface area (Å²) in [5.41, 5.74) is 4.59. The maximum Gasteiger partial charge on any atom is 0.407 e. The van der Waals surface area contributed by atoms with Gasteiger partial charge in [-0.05, 0) is 41.0 Å². The predicted octanol–water partition coefficient (Wildman–Crippen LogP) is 4.02. The molecule has 4 rings (SSSR count). The van der Waals surface area contributed by atoms with Gasteiger partial charge in [-0.1, -0.05) is 61.9 Å². The highest BCUT2D eigenvalue weighted by Crippen LogP contribution is 2.44. The third-order valence-corrected chi connectivity index (χ3v) is 6.85. The number of carboxylic acid groups (broad SMARTS) is 1. The maximum atomic E-state index is 12.6. The van der Waals surface area contributed by atoms with Crippen LogP contribution in [0.15, 0.2) is 48.5 Å². The van der Waals surface area contributed by atoms with Crippen molar-refractivity contribution in [3.05, 3.63) is 59.7 Å². The van der Waals surface area contributed by atoms with Crippen molar-refractivity contribution >= 4 is 18.0 Å². The van der Waals surface area contributed by atoms with Gasteiger partial charge >= 0.3 is 12.1 Å². The number of likely N-dealkylation sites (tertiary alicyclic amines) is 1. The normalized spacial score (nSPS) is 19.5. The summed E-state index contributed by atoms with van der Waals surface area (Å²) in [5, 5.41) is 12.1. The van der Waals surface area contributed by atoms with E-state index in [1.54, 1.807) is 0 Å². The first-order valence-electron chi connectivity index (χ1n) is 11.6. The number of carbonyl (C=O) groups is 3. The Kier molecular flexibility index (Phi) is 6.96. The SMILES string of the molecule is CCC1CCN(C(=O)CCNC(=O)OCC2c3ccccc3-c3ccccc32)C(C(=O)O)C1. The molecule has 1 heterocycles. The number of alkyl carbamates (subject to hydrolysis) is 1. The van der Waals surface area contributed by atoms with Gasteiger partial charge in [0.25, 0.3) is 0 Å². The third-order valence-electron chi connectivity index (χ3n) is 6.85. The van der Waals surface area contributed by atoms with Crippen LogP contribution in [0, 0.1) is 5.92 Å². The predicted molar refractivity (Wildman–Crippen MR) is 124 cm³/mol. The average Bonchev–Trinajstić information content (AvgIpc) is 3.16. The quantitative estimate of drug-likeness (QED) is 0.664. The molecule has 2 atom stereocenters. The number of carbonyl (C=O) groups excluding carboxylic acids is 2. The summed E-state index contributed by atoms with van der Waals surface area (Å²) in [5.74, 6) is -0.919. The number of rotatable bonds is 7.